The van der Waals surface area contributed by atoms with Crippen LogP contribution >= 0.6 is 0 Å². The van der Waals surface area contributed by atoms with Gasteiger partial charge >= 0.3 is 17.9 Å². The number of aliphatic hydroxyl groups excluding tert-OH is 2. The molecule has 35 heavy (non-hydrogen) atoms. The highest BCUT2D eigenvalue weighted by atomic mass is 16.6. The Balaban J connectivity index is 1.68. The zero-order chi connectivity index (χ0) is 25.6. The van der Waals surface area contributed by atoms with Crippen LogP contribution in [0.1, 0.15) is 30.4 Å². The molecule has 0 bridgehead atoms. The zero-order valence-corrected chi connectivity index (χ0v) is 18.6. The fourth-order valence-corrected chi connectivity index (χ4v) is 3.81. The Hall–Kier alpha value is -3.89. The van der Waals surface area contributed by atoms with Crippen LogP contribution in [0.2, 0.25) is 0 Å². The van der Waals surface area contributed by atoms with E-state index in [9.17, 15) is 39.9 Å². The van der Waals surface area contributed by atoms with Gasteiger partial charge in [-0.25, -0.2) is 9.59 Å². The highest BCUT2D eigenvalue weighted by molar-refractivity contribution is 5.87. The average Bonchev–Trinajstić information content (AvgIpc) is 2.82. The van der Waals surface area contributed by atoms with Crippen LogP contribution in [0.3, 0.4) is 0 Å². The highest BCUT2D eigenvalue weighted by Gasteiger charge is 2.54. The second kappa shape index (κ2) is 11.0. The molecular formula is C25H26O10. The van der Waals surface area contributed by atoms with Crippen LogP contribution in [0.25, 0.3) is 6.08 Å². The first-order chi connectivity index (χ1) is 16.6. The monoisotopic (exact) mass is 486 g/mol. The van der Waals surface area contributed by atoms with E-state index in [1.807, 2.05) is 18.2 Å². The lowest BCUT2D eigenvalue weighted by atomic mass is 9.79. The molecule has 2 aromatic carbocycles. The molecule has 0 saturated heterocycles. The zero-order valence-electron chi connectivity index (χ0n) is 18.6. The van der Waals surface area contributed by atoms with Crippen molar-refractivity contribution < 1.29 is 49.4 Å². The number of carbonyl (C=O) groups is 3. The molecule has 0 amide bonds. The van der Waals surface area contributed by atoms with Gasteiger partial charge < -0.3 is 35.0 Å². The summed E-state index contributed by atoms with van der Waals surface area (Å²) in [5.41, 5.74) is -0.980. The molecule has 186 valence electrons. The molecule has 0 aromatic heterocycles. The SMILES string of the molecule is O=C(/C=C\c1ccc(O)c(O)c1)O[C@@H]1C[C@@](OC(=O)CCc2ccccc2)(C(=O)O)C[C@@H](O)[C@@H]1O. The number of phenolic OH excluding ortho intramolecular Hbond substituents is 2. The molecule has 0 radical (unpaired) electrons. The number of esters is 2. The van der Waals surface area contributed by atoms with Crippen LogP contribution in [0.4, 0.5) is 0 Å². The topological polar surface area (TPSA) is 171 Å². The van der Waals surface area contributed by atoms with Crippen LogP contribution in [-0.2, 0) is 30.3 Å². The summed E-state index contributed by atoms with van der Waals surface area (Å²) in [6.07, 6.45) is -3.38. The minimum absolute atomic E-state index is 0.107. The van der Waals surface area contributed by atoms with E-state index in [0.29, 0.717) is 12.0 Å². The van der Waals surface area contributed by atoms with Gasteiger partial charge in [0, 0.05) is 25.3 Å². The number of carbonyl (C=O) groups excluding carboxylic acids is 2. The largest absolute Gasteiger partial charge is 0.504 e. The summed E-state index contributed by atoms with van der Waals surface area (Å²) < 4.78 is 10.4. The number of aromatic hydroxyl groups is 2. The van der Waals surface area contributed by atoms with Crippen molar-refractivity contribution in [1.82, 2.24) is 0 Å². The second-order valence-electron chi connectivity index (χ2n) is 8.28. The maximum absolute atomic E-state index is 12.4. The molecule has 0 spiro atoms. The number of benzene rings is 2. The number of ether oxygens (including phenoxy) is 2. The summed E-state index contributed by atoms with van der Waals surface area (Å²) in [4.78, 5) is 36.8. The number of aliphatic carboxylic acids is 1. The molecule has 10 nitrogen and oxygen atoms in total. The van der Waals surface area contributed by atoms with Crippen molar-refractivity contribution >= 4 is 24.0 Å². The van der Waals surface area contributed by atoms with Gasteiger partial charge in [-0.2, -0.15) is 0 Å². The Morgan fingerprint density at radius 1 is 1.00 bits per heavy atom. The fourth-order valence-electron chi connectivity index (χ4n) is 3.81. The Bertz CT molecular complexity index is 1100. The van der Waals surface area contributed by atoms with Crippen molar-refractivity contribution in [3.05, 3.63) is 65.7 Å². The maximum Gasteiger partial charge on any atom is 0.348 e. The molecule has 1 aliphatic rings. The van der Waals surface area contributed by atoms with Crippen molar-refractivity contribution in [2.45, 2.75) is 49.6 Å². The molecule has 0 heterocycles. The molecule has 1 aliphatic carbocycles. The minimum Gasteiger partial charge on any atom is -0.504 e. The third-order valence-corrected chi connectivity index (χ3v) is 5.68. The van der Waals surface area contributed by atoms with E-state index in [1.54, 1.807) is 12.1 Å². The van der Waals surface area contributed by atoms with E-state index in [0.717, 1.165) is 11.6 Å². The van der Waals surface area contributed by atoms with Crippen molar-refractivity contribution in [1.29, 1.82) is 0 Å². The van der Waals surface area contributed by atoms with E-state index in [1.165, 1.54) is 24.3 Å². The number of hydrogen-bond donors (Lipinski definition) is 5. The number of phenols is 2. The van der Waals surface area contributed by atoms with Crippen LogP contribution < -0.4 is 0 Å². The predicted molar refractivity (Wildman–Crippen MR) is 121 cm³/mol. The predicted octanol–water partition coefficient (Wildman–Crippen LogP) is 1.54. The first kappa shape index (κ1) is 25.7. The van der Waals surface area contributed by atoms with Crippen molar-refractivity contribution in [2.75, 3.05) is 0 Å². The summed E-state index contributed by atoms with van der Waals surface area (Å²) in [7, 11) is 0. The van der Waals surface area contributed by atoms with Crippen molar-refractivity contribution in [3.8, 4) is 11.5 Å². The Morgan fingerprint density at radius 2 is 1.71 bits per heavy atom. The summed E-state index contributed by atoms with van der Waals surface area (Å²) >= 11 is 0. The van der Waals surface area contributed by atoms with E-state index in [-0.39, 0.29) is 12.2 Å². The number of carboxylic acids is 1. The van der Waals surface area contributed by atoms with E-state index in [2.05, 4.69) is 0 Å². The Kier molecular flexibility index (Phi) is 8.10. The number of aliphatic hydroxyl groups is 2. The molecule has 0 unspecified atom stereocenters. The van der Waals surface area contributed by atoms with Gasteiger partial charge in [-0.15, -0.1) is 0 Å². The van der Waals surface area contributed by atoms with Gasteiger partial charge in [0.2, 0.25) is 5.60 Å². The number of hydrogen-bond acceptors (Lipinski definition) is 9. The number of rotatable bonds is 8. The molecule has 1 fully saturated rings. The summed E-state index contributed by atoms with van der Waals surface area (Å²) in [6.45, 7) is 0. The first-order valence-electron chi connectivity index (χ1n) is 10.9. The molecule has 1 saturated carbocycles. The van der Waals surface area contributed by atoms with Crippen LogP contribution in [0.5, 0.6) is 11.5 Å². The second-order valence-corrected chi connectivity index (χ2v) is 8.28. The molecule has 0 aliphatic heterocycles. The van der Waals surface area contributed by atoms with E-state index < -0.39 is 60.4 Å². The third kappa shape index (κ3) is 6.58. The fraction of sp³-hybridized carbons (Fsp3) is 0.320. The summed E-state index contributed by atoms with van der Waals surface area (Å²) in [6, 6.07) is 12.9. The molecule has 10 heteroatoms. The summed E-state index contributed by atoms with van der Waals surface area (Å²) in [5.74, 6) is -4.05. The normalized spacial score (nSPS) is 24.1. The van der Waals surface area contributed by atoms with Gasteiger partial charge in [0.1, 0.15) is 12.2 Å². The van der Waals surface area contributed by atoms with Crippen LogP contribution in [0, 0.1) is 0 Å². The maximum atomic E-state index is 12.4. The number of carboxylic acid groups (broad SMARTS) is 1. The van der Waals surface area contributed by atoms with E-state index >= 15 is 0 Å². The molecular weight excluding hydrogens is 460 g/mol. The first-order valence-corrected chi connectivity index (χ1v) is 10.9. The van der Waals surface area contributed by atoms with Crippen molar-refractivity contribution in [2.24, 2.45) is 0 Å². The standard InChI is InChI=1S/C25H26O10/c26-17-9-6-16(12-18(17)27)8-10-21(29)34-20-14-25(24(32)33,13-19(28)23(20)31)35-22(30)11-7-15-4-2-1-3-5-15/h1-6,8-10,12,19-20,23,26-28,31H,7,11,13-14H2,(H,32,33)/b10-8-/t19-,20-,23+,25-/m1/s1. The van der Waals surface area contributed by atoms with Crippen molar-refractivity contribution in [3.63, 3.8) is 0 Å². The Morgan fingerprint density at radius 3 is 2.37 bits per heavy atom. The van der Waals surface area contributed by atoms with E-state index in [4.69, 9.17) is 9.47 Å². The molecule has 2 aromatic rings. The molecule has 3 rings (SSSR count). The summed E-state index contributed by atoms with van der Waals surface area (Å²) in [5, 5.41) is 49.2. The molecule has 5 N–H and O–H groups in total. The van der Waals surface area contributed by atoms with Crippen LogP contribution in [0.15, 0.2) is 54.6 Å². The lowest BCUT2D eigenvalue weighted by Gasteiger charge is -2.41. The quantitative estimate of drug-likeness (QED) is 0.209. The average molecular weight is 486 g/mol. The number of aryl methyl sites for hydroxylation is 1. The van der Waals surface area contributed by atoms with Gasteiger partial charge in [0.15, 0.2) is 11.5 Å². The lowest BCUT2D eigenvalue weighted by Crippen LogP contribution is -2.58. The van der Waals surface area contributed by atoms with Crippen LogP contribution in [-0.4, -0.2) is 67.4 Å². The van der Waals surface area contributed by atoms with Gasteiger partial charge in [-0.3, -0.25) is 4.79 Å². The molecule has 4 atom stereocenters. The van der Waals surface area contributed by atoms with Gasteiger partial charge in [-0.1, -0.05) is 36.4 Å². The lowest BCUT2D eigenvalue weighted by molar-refractivity contribution is -0.209. The smallest absolute Gasteiger partial charge is 0.348 e. The minimum atomic E-state index is -2.19. The van der Waals surface area contributed by atoms with Gasteiger partial charge in [0.05, 0.1) is 6.10 Å². The van der Waals surface area contributed by atoms with Gasteiger partial charge in [-0.05, 0) is 35.8 Å². The Labute approximate surface area is 200 Å². The van der Waals surface area contributed by atoms with Gasteiger partial charge in [0.25, 0.3) is 0 Å². The highest BCUT2D eigenvalue weighted by Crippen LogP contribution is 2.35. The third-order valence-electron chi connectivity index (χ3n) is 5.68.